The fraction of sp³-hybridized carbons (Fsp3) is 0.150. The SMILES string of the molecule is Cn1nc(-c2ccc(F)cc2)cc1C(=O)NCC(c1ccsc1)n1cccn1. The van der Waals surface area contributed by atoms with Crippen molar-refractivity contribution in [3.8, 4) is 11.3 Å². The number of hydrogen-bond donors (Lipinski definition) is 1. The molecule has 6 nitrogen and oxygen atoms in total. The maximum atomic E-state index is 13.1. The molecule has 1 atom stereocenters. The van der Waals surface area contributed by atoms with Crippen molar-refractivity contribution >= 4 is 17.2 Å². The molecule has 0 spiro atoms. The van der Waals surface area contributed by atoms with E-state index in [0.29, 0.717) is 17.9 Å². The Bertz CT molecular complexity index is 1020. The number of nitrogens with one attached hydrogen (secondary N) is 1. The summed E-state index contributed by atoms with van der Waals surface area (Å²) in [5.74, 6) is -0.536. The van der Waals surface area contributed by atoms with Crippen molar-refractivity contribution in [3.63, 3.8) is 0 Å². The minimum atomic E-state index is -0.309. The van der Waals surface area contributed by atoms with E-state index in [0.717, 1.165) is 11.1 Å². The quantitative estimate of drug-likeness (QED) is 0.543. The summed E-state index contributed by atoms with van der Waals surface area (Å²) >= 11 is 1.61. The first kappa shape index (κ1) is 18.1. The van der Waals surface area contributed by atoms with Gasteiger partial charge in [0.05, 0.1) is 11.7 Å². The third-order valence-electron chi connectivity index (χ3n) is 4.48. The largest absolute Gasteiger partial charge is 0.348 e. The van der Waals surface area contributed by atoms with Crippen molar-refractivity contribution in [1.29, 1.82) is 0 Å². The minimum absolute atomic E-state index is 0.0880. The topological polar surface area (TPSA) is 64.7 Å². The molecule has 3 heterocycles. The van der Waals surface area contributed by atoms with Crippen molar-refractivity contribution in [2.75, 3.05) is 6.54 Å². The Labute approximate surface area is 165 Å². The Hall–Kier alpha value is -3.26. The predicted octanol–water partition coefficient (Wildman–Crippen LogP) is 3.50. The zero-order valence-corrected chi connectivity index (χ0v) is 15.9. The number of amides is 1. The van der Waals surface area contributed by atoms with Gasteiger partial charge >= 0.3 is 0 Å². The van der Waals surface area contributed by atoms with E-state index in [-0.39, 0.29) is 17.8 Å². The number of benzene rings is 1. The van der Waals surface area contributed by atoms with Crippen LogP contribution in [0.5, 0.6) is 0 Å². The Morgan fingerprint density at radius 3 is 2.79 bits per heavy atom. The van der Waals surface area contributed by atoms with Gasteiger partial charge in [0.15, 0.2) is 0 Å². The summed E-state index contributed by atoms with van der Waals surface area (Å²) in [5.41, 5.74) is 2.90. The summed E-state index contributed by atoms with van der Waals surface area (Å²) in [4.78, 5) is 12.7. The summed E-state index contributed by atoms with van der Waals surface area (Å²) < 4.78 is 16.5. The van der Waals surface area contributed by atoms with E-state index in [1.807, 2.05) is 28.4 Å². The minimum Gasteiger partial charge on any atom is -0.348 e. The Kier molecular flexibility index (Phi) is 5.03. The first-order valence-corrected chi connectivity index (χ1v) is 9.65. The Morgan fingerprint density at radius 2 is 2.11 bits per heavy atom. The fourth-order valence-corrected chi connectivity index (χ4v) is 3.72. The summed E-state index contributed by atoms with van der Waals surface area (Å²) in [5, 5.41) is 15.7. The van der Waals surface area contributed by atoms with Crippen molar-refractivity contribution in [2.24, 2.45) is 7.05 Å². The number of thiophene rings is 1. The molecule has 1 N–H and O–H groups in total. The average Bonchev–Trinajstić information content (AvgIpc) is 3.45. The van der Waals surface area contributed by atoms with Crippen LogP contribution in [0.3, 0.4) is 0 Å². The molecule has 0 saturated carbocycles. The summed E-state index contributed by atoms with van der Waals surface area (Å²) in [6.45, 7) is 0.397. The van der Waals surface area contributed by atoms with Crippen LogP contribution < -0.4 is 5.32 Å². The van der Waals surface area contributed by atoms with E-state index in [2.05, 4.69) is 20.9 Å². The number of aryl methyl sites for hydroxylation is 1. The maximum absolute atomic E-state index is 13.1. The molecule has 1 unspecified atom stereocenters. The van der Waals surface area contributed by atoms with Crippen molar-refractivity contribution in [2.45, 2.75) is 6.04 Å². The fourth-order valence-electron chi connectivity index (χ4n) is 3.02. The van der Waals surface area contributed by atoms with Gasteiger partial charge in [0.25, 0.3) is 5.91 Å². The smallest absolute Gasteiger partial charge is 0.269 e. The van der Waals surface area contributed by atoms with Crippen LogP contribution in [0.15, 0.2) is 65.6 Å². The lowest BCUT2D eigenvalue weighted by molar-refractivity contribution is 0.0940. The van der Waals surface area contributed by atoms with Gasteiger partial charge in [0.1, 0.15) is 11.5 Å². The number of aromatic nitrogens is 4. The highest BCUT2D eigenvalue weighted by molar-refractivity contribution is 7.08. The van der Waals surface area contributed by atoms with Gasteiger partial charge < -0.3 is 5.32 Å². The molecule has 28 heavy (non-hydrogen) atoms. The third kappa shape index (κ3) is 3.72. The molecule has 0 fully saturated rings. The zero-order valence-electron chi connectivity index (χ0n) is 15.1. The molecule has 8 heteroatoms. The molecule has 142 valence electrons. The third-order valence-corrected chi connectivity index (χ3v) is 5.18. The van der Waals surface area contributed by atoms with E-state index in [1.54, 1.807) is 42.8 Å². The number of carbonyl (C=O) groups excluding carboxylic acids is 1. The van der Waals surface area contributed by atoms with Crippen LogP contribution in [0, 0.1) is 5.82 Å². The second-order valence-electron chi connectivity index (χ2n) is 6.31. The lowest BCUT2D eigenvalue weighted by Crippen LogP contribution is -2.32. The van der Waals surface area contributed by atoms with E-state index in [1.165, 1.54) is 16.8 Å². The van der Waals surface area contributed by atoms with Gasteiger partial charge in [-0.1, -0.05) is 0 Å². The number of halogens is 1. The highest BCUT2D eigenvalue weighted by Gasteiger charge is 2.19. The molecule has 4 rings (SSSR count). The molecule has 0 aliphatic heterocycles. The molecule has 0 bridgehead atoms. The molecule has 1 aromatic carbocycles. The van der Waals surface area contributed by atoms with Crippen LogP contribution in [0.25, 0.3) is 11.3 Å². The molecule has 0 aliphatic carbocycles. The van der Waals surface area contributed by atoms with E-state index in [9.17, 15) is 9.18 Å². The number of carbonyl (C=O) groups is 1. The van der Waals surface area contributed by atoms with Gasteiger partial charge in [-0.05, 0) is 58.8 Å². The van der Waals surface area contributed by atoms with Gasteiger partial charge in [-0.25, -0.2) is 4.39 Å². The van der Waals surface area contributed by atoms with Crippen LogP contribution in [0.1, 0.15) is 22.1 Å². The summed E-state index contributed by atoms with van der Waals surface area (Å²) in [7, 11) is 1.71. The maximum Gasteiger partial charge on any atom is 0.269 e. The van der Waals surface area contributed by atoms with Crippen LogP contribution in [0.4, 0.5) is 4.39 Å². The van der Waals surface area contributed by atoms with Gasteiger partial charge in [-0.2, -0.15) is 21.5 Å². The molecule has 0 aliphatic rings. The van der Waals surface area contributed by atoms with E-state index < -0.39 is 0 Å². The predicted molar refractivity (Wildman–Crippen MR) is 106 cm³/mol. The Balaban J connectivity index is 1.51. The highest BCUT2D eigenvalue weighted by atomic mass is 32.1. The molecule has 4 aromatic rings. The van der Waals surface area contributed by atoms with Gasteiger partial charge in [-0.3, -0.25) is 14.2 Å². The zero-order chi connectivity index (χ0) is 19.5. The molecule has 0 radical (unpaired) electrons. The average molecular weight is 395 g/mol. The standard InChI is InChI=1S/C20H18FN5OS/c1-25-18(11-17(24-25)14-3-5-16(21)6-4-14)20(27)22-12-19(15-7-10-28-13-15)26-9-2-8-23-26/h2-11,13,19H,12H2,1H3,(H,22,27). The Morgan fingerprint density at radius 1 is 1.29 bits per heavy atom. The lowest BCUT2D eigenvalue weighted by atomic mass is 10.1. The molecular weight excluding hydrogens is 377 g/mol. The lowest BCUT2D eigenvalue weighted by Gasteiger charge is -2.17. The van der Waals surface area contributed by atoms with Crippen LogP contribution in [-0.2, 0) is 7.05 Å². The number of nitrogens with zero attached hydrogens (tertiary/aromatic N) is 4. The van der Waals surface area contributed by atoms with E-state index >= 15 is 0 Å². The van der Waals surface area contributed by atoms with Crippen LogP contribution in [0.2, 0.25) is 0 Å². The van der Waals surface area contributed by atoms with Gasteiger partial charge in [0, 0.05) is 31.5 Å². The van der Waals surface area contributed by atoms with Crippen molar-refractivity contribution in [3.05, 3.63) is 82.7 Å². The van der Waals surface area contributed by atoms with Crippen molar-refractivity contribution in [1.82, 2.24) is 24.9 Å². The van der Waals surface area contributed by atoms with Crippen molar-refractivity contribution < 1.29 is 9.18 Å². The molecule has 1 amide bonds. The molecular formula is C20H18FN5OS. The second-order valence-corrected chi connectivity index (χ2v) is 7.09. The summed E-state index contributed by atoms with van der Waals surface area (Å²) in [6, 6.07) is 11.5. The number of hydrogen-bond acceptors (Lipinski definition) is 4. The van der Waals surface area contributed by atoms with Gasteiger partial charge in [0.2, 0.25) is 0 Å². The normalized spacial score (nSPS) is 12.1. The first-order chi connectivity index (χ1) is 13.6. The highest BCUT2D eigenvalue weighted by Crippen LogP contribution is 2.21. The van der Waals surface area contributed by atoms with E-state index in [4.69, 9.17) is 0 Å². The number of rotatable bonds is 6. The van der Waals surface area contributed by atoms with Crippen LogP contribution in [-0.4, -0.2) is 32.0 Å². The monoisotopic (exact) mass is 395 g/mol. The summed E-state index contributed by atoms with van der Waals surface area (Å²) in [6.07, 6.45) is 3.60. The van der Waals surface area contributed by atoms with Crippen LogP contribution >= 0.6 is 11.3 Å². The molecule has 3 aromatic heterocycles. The molecule has 0 saturated heterocycles. The second kappa shape index (κ2) is 7.77. The van der Waals surface area contributed by atoms with Gasteiger partial charge in [-0.15, -0.1) is 0 Å². The first-order valence-electron chi connectivity index (χ1n) is 8.71.